The fourth-order valence-electron chi connectivity index (χ4n) is 2.41. The Morgan fingerprint density at radius 3 is 2.86 bits per heavy atom. The Hall–Kier alpha value is -1.46. The van der Waals surface area contributed by atoms with E-state index in [2.05, 4.69) is 34.9 Å². The Bertz CT molecular complexity index is 484. The summed E-state index contributed by atoms with van der Waals surface area (Å²) < 4.78 is 5.57. The molecule has 1 atom stereocenters. The molecule has 0 spiro atoms. The molecule has 0 amide bonds. The first kappa shape index (κ1) is 16.9. The van der Waals surface area contributed by atoms with Gasteiger partial charge in [-0.3, -0.25) is 5.43 Å². The van der Waals surface area contributed by atoms with Crippen molar-refractivity contribution in [1.29, 1.82) is 0 Å². The highest BCUT2D eigenvalue weighted by Gasteiger charge is 2.15. The van der Waals surface area contributed by atoms with Gasteiger partial charge in [-0.1, -0.05) is 43.7 Å². The number of thiocarbonyl (C=S) groups is 1. The zero-order valence-electron chi connectivity index (χ0n) is 13.2. The number of nitrogens with zero attached hydrogens (tertiary/aromatic N) is 1. The zero-order chi connectivity index (χ0) is 15.6. The molecule has 0 saturated carbocycles. The van der Waals surface area contributed by atoms with E-state index in [0.717, 1.165) is 56.5 Å². The van der Waals surface area contributed by atoms with Crippen LogP contribution in [0.3, 0.4) is 0 Å². The smallest absolute Gasteiger partial charge is 0.187 e. The molecular weight excluding hydrogens is 294 g/mol. The third-order valence-electron chi connectivity index (χ3n) is 3.68. The van der Waals surface area contributed by atoms with Gasteiger partial charge in [-0.25, -0.2) is 0 Å². The summed E-state index contributed by atoms with van der Waals surface area (Å²) in [5.74, 6) is 0. The second-order valence-corrected chi connectivity index (χ2v) is 5.89. The van der Waals surface area contributed by atoms with Crippen molar-refractivity contribution in [3.8, 4) is 0 Å². The van der Waals surface area contributed by atoms with Crippen LogP contribution in [0.25, 0.3) is 0 Å². The lowest BCUT2D eigenvalue weighted by Crippen LogP contribution is -2.37. The molecule has 1 aromatic carbocycles. The van der Waals surface area contributed by atoms with Gasteiger partial charge in [-0.15, -0.1) is 0 Å². The average molecular weight is 319 g/mol. The number of benzene rings is 1. The molecule has 1 aliphatic rings. The molecule has 0 unspecified atom stereocenters. The molecule has 1 fully saturated rings. The van der Waals surface area contributed by atoms with Gasteiger partial charge in [0.05, 0.1) is 11.8 Å². The Morgan fingerprint density at radius 1 is 1.36 bits per heavy atom. The van der Waals surface area contributed by atoms with Crippen molar-refractivity contribution in [2.24, 2.45) is 5.10 Å². The fourth-order valence-corrected chi connectivity index (χ4v) is 2.54. The van der Waals surface area contributed by atoms with Gasteiger partial charge in [0.25, 0.3) is 0 Å². The van der Waals surface area contributed by atoms with E-state index in [9.17, 15) is 0 Å². The lowest BCUT2D eigenvalue weighted by molar-refractivity contribution is 0.114. The third kappa shape index (κ3) is 5.73. The number of hydrogen-bond donors (Lipinski definition) is 2. The van der Waals surface area contributed by atoms with Crippen molar-refractivity contribution < 1.29 is 4.74 Å². The topological polar surface area (TPSA) is 45.7 Å². The minimum atomic E-state index is 0.275. The van der Waals surface area contributed by atoms with Crippen LogP contribution in [0.5, 0.6) is 0 Å². The van der Waals surface area contributed by atoms with Gasteiger partial charge < -0.3 is 10.1 Å². The molecule has 0 aliphatic carbocycles. The van der Waals surface area contributed by atoms with Gasteiger partial charge in [0, 0.05) is 13.2 Å². The normalized spacial score (nSPS) is 18.2. The van der Waals surface area contributed by atoms with E-state index in [1.54, 1.807) is 0 Å². The van der Waals surface area contributed by atoms with Gasteiger partial charge in [-0.05, 0) is 43.5 Å². The molecule has 1 saturated heterocycles. The summed E-state index contributed by atoms with van der Waals surface area (Å²) >= 11 is 5.28. The summed E-state index contributed by atoms with van der Waals surface area (Å²) in [7, 11) is 0. The quantitative estimate of drug-likeness (QED) is 0.460. The standard InChI is InChI=1S/C17H25N3OS/c1-2-3-11-16(14-8-5-4-6-9-14)19-20-17(22)18-13-15-10-7-12-21-15/h4-6,8-9,15H,2-3,7,10-13H2,1H3,(H2,18,20,22)/b19-16-/t15-/m1/s1. The van der Waals surface area contributed by atoms with Crippen LogP contribution in [-0.2, 0) is 4.74 Å². The van der Waals surface area contributed by atoms with Crippen molar-refractivity contribution in [2.45, 2.75) is 45.1 Å². The first-order valence-electron chi connectivity index (χ1n) is 8.07. The molecule has 5 heteroatoms. The number of ether oxygens (including phenoxy) is 1. The molecular formula is C17H25N3OS. The average Bonchev–Trinajstić information content (AvgIpc) is 3.07. The van der Waals surface area contributed by atoms with Gasteiger partial charge in [-0.2, -0.15) is 5.10 Å². The SMILES string of the molecule is CCCC/C(=N/NC(=S)NC[C@H]1CCCO1)c1ccccc1. The summed E-state index contributed by atoms with van der Waals surface area (Å²) in [6.45, 7) is 3.79. The maximum absolute atomic E-state index is 5.57. The van der Waals surface area contributed by atoms with Crippen LogP contribution >= 0.6 is 12.2 Å². The van der Waals surface area contributed by atoms with Gasteiger partial charge in [0.2, 0.25) is 0 Å². The van der Waals surface area contributed by atoms with E-state index in [-0.39, 0.29) is 6.10 Å². The minimum Gasteiger partial charge on any atom is -0.376 e. The molecule has 120 valence electrons. The van der Waals surface area contributed by atoms with Crippen LogP contribution in [0.1, 0.15) is 44.6 Å². The maximum atomic E-state index is 5.57. The molecule has 4 nitrogen and oxygen atoms in total. The number of hydrogen-bond acceptors (Lipinski definition) is 3. The summed E-state index contributed by atoms with van der Waals surface area (Å²) in [6.07, 6.45) is 5.73. The van der Waals surface area contributed by atoms with Crippen molar-refractivity contribution in [1.82, 2.24) is 10.7 Å². The lowest BCUT2D eigenvalue weighted by Gasteiger charge is -2.13. The largest absolute Gasteiger partial charge is 0.376 e. The molecule has 0 radical (unpaired) electrons. The van der Waals surface area contributed by atoms with Crippen molar-refractivity contribution >= 4 is 23.0 Å². The van der Waals surface area contributed by atoms with Gasteiger partial charge in [0.15, 0.2) is 5.11 Å². The summed E-state index contributed by atoms with van der Waals surface area (Å²) in [4.78, 5) is 0. The maximum Gasteiger partial charge on any atom is 0.187 e. The summed E-state index contributed by atoms with van der Waals surface area (Å²) in [6, 6.07) is 10.2. The predicted octanol–water partition coefficient (Wildman–Crippen LogP) is 3.22. The van der Waals surface area contributed by atoms with E-state index >= 15 is 0 Å². The molecule has 2 N–H and O–H groups in total. The second-order valence-electron chi connectivity index (χ2n) is 5.48. The molecule has 0 bridgehead atoms. The third-order valence-corrected chi connectivity index (χ3v) is 3.92. The highest BCUT2D eigenvalue weighted by molar-refractivity contribution is 7.80. The van der Waals surface area contributed by atoms with Crippen molar-refractivity contribution in [3.05, 3.63) is 35.9 Å². The van der Waals surface area contributed by atoms with E-state index < -0.39 is 0 Å². The van der Waals surface area contributed by atoms with Crippen LogP contribution in [0.4, 0.5) is 0 Å². The molecule has 1 heterocycles. The molecule has 22 heavy (non-hydrogen) atoms. The highest BCUT2D eigenvalue weighted by atomic mass is 32.1. The Morgan fingerprint density at radius 2 is 2.18 bits per heavy atom. The first-order chi connectivity index (χ1) is 10.8. The monoisotopic (exact) mass is 319 g/mol. The van der Waals surface area contributed by atoms with E-state index in [4.69, 9.17) is 17.0 Å². The fraction of sp³-hybridized carbons (Fsp3) is 0.529. The molecule has 1 aliphatic heterocycles. The van der Waals surface area contributed by atoms with Crippen LogP contribution in [-0.4, -0.2) is 30.1 Å². The molecule has 0 aromatic heterocycles. The summed E-state index contributed by atoms with van der Waals surface area (Å²) in [5, 5.41) is 8.23. The lowest BCUT2D eigenvalue weighted by atomic mass is 10.1. The molecule has 1 aromatic rings. The van der Waals surface area contributed by atoms with E-state index in [0.29, 0.717) is 5.11 Å². The Labute approximate surface area is 138 Å². The zero-order valence-corrected chi connectivity index (χ0v) is 14.0. The first-order valence-corrected chi connectivity index (χ1v) is 8.48. The van der Waals surface area contributed by atoms with Crippen molar-refractivity contribution in [3.63, 3.8) is 0 Å². The van der Waals surface area contributed by atoms with E-state index in [1.165, 1.54) is 0 Å². The van der Waals surface area contributed by atoms with Gasteiger partial charge in [0.1, 0.15) is 0 Å². The number of nitrogens with one attached hydrogen (secondary N) is 2. The number of rotatable bonds is 7. The Balaban J connectivity index is 1.86. The van der Waals surface area contributed by atoms with Gasteiger partial charge >= 0.3 is 0 Å². The van der Waals surface area contributed by atoms with Crippen LogP contribution < -0.4 is 10.7 Å². The predicted molar refractivity (Wildman–Crippen MR) is 95.2 cm³/mol. The minimum absolute atomic E-state index is 0.275. The van der Waals surface area contributed by atoms with Crippen LogP contribution in [0.2, 0.25) is 0 Å². The second kappa shape index (κ2) is 9.54. The highest BCUT2D eigenvalue weighted by Crippen LogP contribution is 2.10. The molecule has 2 rings (SSSR count). The summed E-state index contributed by atoms with van der Waals surface area (Å²) in [5.41, 5.74) is 5.16. The Kier molecular flexibility index (Phi) is 7.33. The number of hydrazone groups is 1. The number of unbranched alkanes of at least 4 members (excludes halogenated alkanes) is 1. The van der Waals surface area contributed by atoms with Crippen molar-refractivity contribution in [2.75, 3.05) is 13.2 Å². The van der Waals surface area contributed by atoms with E-state index in [1.807, 2.05) is 18.2 Å². The van der Waals surface area contributed by atoms with Crippen LogP contribution in [0, 0.1) is 0 Å². The van der Waals surface area contributed by atoms with Crippen LogP contribution in [0.15, 0.2) is 35.4 Å².